The Balaban J connectivity index is 1.80. The van der Waals surface area contributed by atoms with Gasteiger partial charge in [0.25, 0.3) is 5.91 Å². The van der Waals surface area contributed by atoms with Crippen LogP contribution < -0.4 is 5.32 Å². The van der Waals surface area contributed by atoms with Crippen LogP contribution in [-0.2, 0) is 14.3 Å². The number of hydrogen-bond acceptors (Lipinski definition) is 3. The van der Waals surface area contributed by atoms with Gasteiger partial charge in [-0.25, -0.2) is 4.79 Å². The molecule has 0 aliphatic carbocycles. The Morgan fingerprint density at radius 3 is 2.45 bits per heavy atom. The molecular weight excluding hydrogens is 302 g/mol. The fraction of sp³-hybridized carbons (Fsp3) is 0.0588. The zero-order valence-electron chi connectivity index (χ0n) is 11.7. The first kappa shape index (κ1) is 15.8. The summed E-state index contributed by atoms with van der Waals surface area (Å²) in [7, 11) is 0. The van der Waals surface area contributed by atoms with Gasteiger partial charge < -0.3 is 10.1 Å². The molecule has 1 N–H and O–H groups in total. The van der Waals surface area contributed by atoms with Gasteiger partial charge >= 0.3 is 5.97 Å². The average molecular weight is 316 g/mol. The number of ether oxygens (including phenoxy) is 1. The van der Waals surface area contributed by atoms with Crippen LogP contribution in [0.3, 0.4) is 0 Å². The molecule has 0 heterocycles. The van der Waals surface area contributed by atoms with Gasteiger partial charge in [0.15, 0.2) is 6.61 Å². The molecule has 0 aliphatic rings. The molecule has 0 bridgehead atoms. The number of para-hydroxylation sites is 1. The third-order valence-electron chi connectivity index (χ3n) is 2.70. The molecular formula is C17H14ClNO3. The van der Waals surface area contributed by atoms with Gasteiger partial charge in [-0.3, -0.25) is 4.79 Å². The van der Waals surface area contributed by atoms with Crippen LogP contribution in [0, 0.1) is 0 Å². The van der Waals surface area contributed by atoms with Gasteiger partial charge in [0, 0.05) is 6.08 Å². The standard InChI is InChI=1S/C17H14ClNO3/c18-14-8-4-5-9-15(14)19-16(20)12-22-17(21)11-10-13-6-2-1-3-7-13/h1-11H,12H2,(H,19,20)/b11-10+. The number of carbonyl (C=O) groups is 2. The molecule has 0 radical (unpaired) electrons. The van der Waals surface area contributed by atoms with Gasteiger partial charge in [-0.15, -0.1) is 0 Å². The van der Waals surface area contributed by atoms with Crippen molar-refractivity contribution in [2.75, 3.05) is 11.9 Å². The lowest BCUT2D eigenvalue weighted by molar-refractivity contribution is -0.142. The van der Waals surface area contributed by atoms with Crippen LogP contribution >= 0.6 is 11.6 Å². The molecule has 0 atom stereocenters. The largest absolute Gasteiger partial charge is 0.452 e. The van der Waals surface area contributed by atoms with Gasteiger partial charge in [0.05, 0.1) is 10.7 Å². The van der Waals surface area contributed by atoms with E-state index in [1.807, 2.05) is 30.3 Å². The van der Waals surface area contributed by atoms with Crippen molar-refractivity contribution < 1.29 is 14.3 Å². The summed E-state index contributed by atoms with van der Waals surface area (Å²) in [5.74, 6) is -1.03. The van der Waals surface area contributed by atoms with E-state index in [9.17, 15) is 9.59 Å². The van der Waals surface area contributed by atoms with Crippen LogP contribution in [-0.4, -0.2) is 18.5 Å². The number of esters is 1. The van der Waals surface area contributed by atoms with Gasteiger partial charge in [-0.05, 0) is 23.8 Å². The van der Waals surface area contributed by atoms with E-state index in [0.29, 0.717) is 10.7 Å². The van der Waals surface area contributed by atoms with E-state index >= 15 is 0 Å². The fourth-order valence-corrected chi connectivity index (χ4v) is 1.85. The highest BCUT2D eigenvalue weighted by Crippen LogP contribution is 2.20. The molecule has 0 fully saturated rings. The second-order valence-corrected chi connectivity index (χ2v) is 4.79. The molecule has 112 valence electrons. The van der Waals surface area contributed by atoms with Crippen molar-refractivity contribution in [3.63, 3.8) is 0 Å². The molecule has 22 heavy (non-hydrogen) atoms. The number of anilines is 1. The highest BCUT2D eigenvalue weighted by molar-refractivity contribution is 6.33. The molecule has 2 aromatic carbocycles. The maximum absolute atomic E-state index is 11.7. The first-order chi connectivity index (χ1) is 10.6. The lowest BCUT2D eigenvalue weighted by Crippen LogP contribution is -2.20. The van der Waals surface area contributed by atoms with Crippen molar-refractivity contribution in [2.24, 2.45) is 0 Å². The first-order valence-electron chi connectivity index (χ1n) is 6.59. The number of amides is 1. The third kappa shape index (κ3) is 5.07. The van der Waals surface area contributed by atoms with Crippen molar-refractivity contribution in [1.82, 2.24) is 0 Å². The van der Waals surface area contributed by atoms with E-state index in [1.54, 1.807) is 30.3 Å². The van der Waals surface area contributed by atoms with Gasteiger partial charge in [0.1, 0.15) is 0 Å². The molecule has 0 spiro atoms. The monoisotopic (exact) mass is 315 g/mol. The van der Waals surface area contributed by atoms with Crippen molar-refractivity contribution in [3.05, 3.63) is 71.3 Å². The molecule has 4 nitrogen and oxygen atoms in total. The quantitative estimate of drug-likeness (QED) is 0.678. The molecule has 5 heteroatoms. The lowest BCUT2D eigenvalue weighted by Gasteiger charge is -2.06. The van der Waals surface area contributed by atoms with Crippen molar-refractivity contribution >= 4 is 35.2 Å². The van der Waals surface area contributed by atoms with Crippen molar-refractivity contribution in [1.29, 1.82) is 0 Å². The predicted octanol–water partition coefficient (Wildman–Crippen LogP) is 3.54. The van der Waals surface area contributed by atoms with Gasteiger partial charge in [-0.1, -0.05) is 54.1 Å². The van der Waals surface area contributed by atoms with E-state index in [4.69, 9.17) is 16.3 Å². The Morgan fingerprint density at radius 1 is 1.05 bits per heavy atom. The Hall–Kier alpha value is -2.59. The summed E-state index contributed by atoms with van der Waals surface area (Å²) < 4.78 is 4.86. The van der Waals surface area contributed by atoms with Crippen LogP contribution in [0.1, 0.15) is 5.56 Å². The molecule has 0 aliphatic heterocycles. The Bertz CT molecular complexity index is 683. The van der Waals surface area contributed by atoms with E-state index in [1.165, 1.54) is 6.08 Å². The maximum atomic E-state index is 11.7. The minimum absolute atomic E-state index is 0.372. The molecule has 0 aromatic heterocycles. The van der Waals surface area contributed by atoms with E-state index in [-0.39, 0.29) is 6.61 Å². The molecule has 1 amide bonds. The predicted molar refractivity (Wildman–Crippen MR) is 86.5 cm³/mol. The molecule has 2 aromatic rings. The highest BCUT2D eigenvalue weighted by Gasteiger charge is 2.07. The van der Waals surface area contributed by atoms with E-state index in [0.717, 1.165) is 5.56 Å². The summed E-state index contributed by atoms with van der Waals surface area (Å²) in [4.78, 5) is 23.2. The van der Waals surface area contributed by atoms with Gasteiger partial charge in [-0.2, -0.15) is 0 Å². The van der Waals surface area contributed by atoms with E-state index in [2.05, 4.69) is 5.32 Å². The van der Waals surface area contributed by atoms with Crippen molar-refractivity contribution in [3.8, 4) is 0 Å². The first-order valence-corrected chi connectivity index (χ1v) is 6.97. The normalized spacial score (nSPS) is 10.4. The van der Waals surface area contributed by atoms with Crippen LogP contribution in [0.2, 0.25) is 5.02 Å². The summed E-state index contributed by atoms with van der Waals surface area (Å²) in [6.07, 6.45) is 2.90. The van der Waals surface area contributed by atoms with Crippen LogP contribution in [0.5, 0.6) is 0 Å². The maximum Gasteiger partial charge on any atom is 0.331 e. The molecule has 0 saturated carbocycles. The zero-order chi connectivity index (χ0) is 15.8. The van der Waals surface area contributed by atoms with Crippen LogP contribution in [0.25, 0.3) is 6.08 Å². The SMILES string of the molecule is O=C(COC(=O)/C=C/c1ccccc1)Nc1ccccc1Cl. The molecule has 0 saturated heterocycles. The topological polar surface area (TPSA) is 55.4 Å². The second-order valence-electron chi connectivity index (χ2n) is 4.38. The molecule has 2 rings (SSSR count). The lowest BCUT2D eigenvalue weighted by atomic mass is 10.2. The number of benzene rings is 2. The van der Waals surface area contributed by atoms with Crippen molar-refractivity contribution in [2.45, 2.75) is 0 Å². The number of nitrogens with one attached hydrogen (secondary N) is 1. The number of halogens is 1. The number of rotatable bonds is 5. The Labute approximate surface area is 133 Å². The highest BCUT2D eigenvalue weighted by atomic mass is 35.5. The van der Waals surface area contributed by atoms with Crippen LogP contribution in [0.4, 0.5) is 5.69 Å². The van der Waals surface area contributed by atoms with Crippen LogP contribution in [0.15, 0.2) is 60.7 Å². The van der Waals surface area contributed by atoms with E-state index < -0.39 is 11.9 Å². The fourth-order valence-electron chi connectivity index (χ4n) is 1.66. The summed E-state index contributed by atoms with van der Waals surface area (Å²) in [6.45, 7) is -0.372. The summed E-state index contributed by atoms with van der Waals surface area (Å²) in [5.41, 5.74) is 1.35. The Kier molecular flexibility index (Phi) is 5.74. The summed E-state index contributed by atoms with van der Waals surface area (Å²) in [6, 6.07) is 16.1. The zero-order valence-corrected chi connectivity index (χ0v) is 12.4. The average Bonchev–Trinajstić information content (AvgIpc) is 2.54. The third-order valence-corrected chi connectivity index (χ3v) is 3.03. The summed E-state index contributed by atoms with van der Waals surface area (Å²) in [5, 5.41) is 2.99. The van der Waals surface area contributed by atoms with Gasteiger partial charge in [0.2, 0.25) is 0 Å². The minimum atomic E-state index is -0.585. The second kappa shape index (κ2) is 8.00. The summed E-state index contributed by atoms with van der Waals surface area (Å²) >= 11 is 5.91. The smallest absolute Gasteiger partial charge is 0.331 e. The number of hydrogen-bond donors (Lipinski definition) is 1. The minimum Gasteiger partial charge on any atom is -0.452 e. The molecule has 0 unspecified atom stereocenters. The Morgan fingerprint density at radius 2 is 1.73 bits per heavy atom. The number of carbonyl (C=O) groups excluding carboxylic acids is 2.